The fourth-order valence-corrected chi connectivity index (χ4v) is 3.72. The molecule has 0 atom stereocenters. The van der Waals surface area contributed by atoms with Gasteiger partial charge in [0.15, 0.2) is 0 Å². The zero-order chi connectivity index (χ0) is 23.6. The van der Waals surface area contributed by atoms with Gasteiger partial charge in [0.05, 0.1) is 18.1 Å². The average molecular weight is 474 g/mol. The van der Waals surface area contributed by atoms with Crippen LogP contribution in [-0.4, -0.2) is 48.6 Å². The number of hydrogen-bond donors (Lipinski definition) is 2. The zero-order valence-electron chi connectivity index (χ0n) is 18.5. The fraction of sp³-hybridized carbons (Fsp3) is 0.417. The van der Waals surface area contributed by atoms with Gasteiger partial charge in [-0.1, -0.05) is 11.6 Å². The van der Waals surface area contributed by atoms with Crippen molar-refractivity contribution >= 4 is 29.4 Å². The Hall–Kier alpha value is -3.13. The molecule has 9 heteroatoms. The van der Waals surface area contributed by atoms with Gasteiger partial charge >= 0.3 is 5.97 Å². The maximum Gasteiger partial charge on any atom is 0.308 e. The molecular weight excluding hydrogens is 446 g/mol. The molecule has 1 heterocycles. The number of nitrogens with one attached hydrogen (secondary N) is 2. The Morgan fingerprint density at radius 1 is 0.939 bits per heavy atom. The second-order valence-corrected chi connectivity index (χ2v) is 8.18. The van der Waals surface area contributed by atoms with Gasteiger partial charge in [-0.3, -0.25) is 14.4 Å². The van der Waals surface area contributed by atoms with Gasteiger partial charge in [-0.2, -0.15) is 0 Å². The van der Waals surface area contributed by atoms with E-state index in [0.717, 1.165) is 25.7 Å². The van der Waals surface area contributed by atoms with Crippen LogP contribution in [0, 0.1) is 5.92 Å². The highest BCUT2D eigenvalue weighted by atomic mass is 35.5. The number of carbonyl (C=O) groups excluding carboxylic acids is 3. The number of nitrogens with zero attached hydrogens (tertiary/aromatic N) is 1. The molecule has 33 heavy (non-hydrogen) atoms. The van der Waals surface area contributed by atoms with E-state index in [-0.39, 0.29) is 42.9 Å². The van der Waals surface area contributed by atoms with Crippen molar-refractivity contribution in [2.24, 2.45) is 5.92 Å². The molecule has 0 radical (unpaired) electrons. The minimum atomic E-state index is -0.287. The summed E-state index contributed by atoms with van der Waals surface area (Å²) in [5, 5.41) is 6.04. The van der Waals surface area contributed by atoms with Crippen molar-refractivity contribution in [1.29, 1.82) is 0 Å². The number of esters is 1. The molecule has 0 aliphatic heterocycles. The summed E-state index contributed by atoms with van der Waals surface area (Å²) in [4.78, 5) is 40.4. The van der Waals surface area contributed by atoms with Crippen molar-refractivity contribution in [1.82, 2.24) is 15.6 Å². The quantitative estimate of drug-likeness (QED) is 0.427. The molecule has 1 aromatic carbocycles. The van der Waals surface area contributed by atoms with E-state index in [2.05, 4.69) is 15.6 Å². The molecule has 2 aromatic rings. The normalized spacial score (nSPS) is 17.6. The van der Waals surface area contributed by atoms with Gasteiger partial charge in [-0.05, 0) is 62.9 Å². The minimum absolute atomic E-state index is 0.00731. The smallest absolute Gasteiger partial charge is 0.308 e. The maximum absolute atomic E-state index is 12.3. The highest BCUT2D eigenvalue weighted by Gasteiger charge is 2.28. The van der Waals surface area contributed by atoms with Gasteiger partial charge < -0.3 is 20.1 Å². The molecule has 1 aliphatic rings. The van der Waals surface area contributed by atoms with Crippen molar-refractivity contribution in [3.05, 3.63) is 58.7 Å². The van der Waals surface area contributed by atoms with Gasteiger partial charge in [-0.25, -0.2) is 4.98 Å². The number of carbonyl (C=O) groups is 3. The van der Waals surface area contributed by atoms with Gasteiger partial charge in [0.25, 0.3) is 11.8 Å². The van der Waals surface area contributed by atoms with Crippen LogP contribution in [0.25, 0.3) is 0 Å². The summed E-state index contributed by atoms with van der Waals surface area (Å²) in [5.74, 6) is -0.264. The lowest BCUT2D eigenvalue weighted by molar-refractivity contribution is -0.149. The van der Waals surface area contributed by atoms with E-state index in [1.54, 1.807) is 36.4 Å². The third-order valence-corrected chi connectivity index (χ3v) is 5.63. The number of benzene rings is 1. The van der Waals surface area contributed by atoms with Gasteiger partial charge in [0.1, 0.15) is 6.10 Å². The highest BCUT2D eigenvalue weighted by Crippen LogP contribution is 2.28. The number of aromatic nitrogens is 1. The van der Waals surface area contributed by atoms with Crippen LogP contribution < -0.4 is 15.4 Å². The van der Waals surface area contributed by atoms with E-state index in [1.165, 1.54) is 6.20 Å². The number of halogens is 1. The summed E-state index contributed by atoms with van der Waals surface area (Å²) in [7, 11) is 0. The molecule has 1 aromatic heterocycles. The van der Waals surface area contributed by atoms with Crippen molar-refractivity contribution in [3.63, 3.8) is 0 Å². The molecule has 0 saturated heterocycles. The first-order valence-corrected chi connectivity index (χ1v) is 11.5. The molecular formula is C24H28ClN3O5. The summed E-state index contributed by atoms with van der Waals surface area (Å²) in [5.41, 5.74) is 0.900. The van der Waals surface area contributed by atoms with Crippen LogP contribution in [0.3, 0.4) is 0 Å². The average Bonchev–Trinajstić information content (AvgIpc) is 2.83. The Kier molecular flexibility index (Phi) is 9.06. The number of amides is 2. The molecule has 2 amide bonds. The number of hydrogen-bond acceptors (Lipinski definition) is 6. The van der Waals surface area contributed by atoms with Crippen molar-refractivity contribution in [3.8, 4) is 5.88 Å². The lowest BCUT2D eigenvalue weighted by atomic mass is 9.87. The summed E-state index contributed by atoms with van der Waals surface area (Å²) in [6, 6.07) is 9.87. The molecule has 0 unspecified atom stereocenters. The largest absolute Gasteiger partial charge is 0.474 e. The van der Waals surface area contributed by atoms with E-state index >= 15 is 0 Å². The van der Waals surface area contributed by atoms with Crippen molar-refractivity contribution in [2.75, 3.05) is 19.7 Å². The van der Waals surface area contributed by atoms with Crippen molar-refractivity contribution in [2.45, 2.75) is 38.7 Å². The molecule has 0 bridgehead atoms. The van der Waals surface area contributed by atoms with Crippen molar-refractivity contribution < 1.29 is 23.9 Å². The fourth-order valence-electron chi connectivity index (χ4n) is 3.59. The summed E-state index contributed by atoms with van der Waals surface area (Å²) in [6.07, 6.45) is 4.44. The van der Waals surface area contributed by atoms with Crippen LogP contribution in [0.2, 0.25) is 5.02 Å². The molecule has 1 aliphatic carbocycles. The lowest BCUT2D eigenvalue weighted by Gasteiger charge is -2.27. The Balaban J connectivity index is 1.37. The maximum atomic E-state index is 12.3. The first kappa shape index (κ1) is 24.5. The topological polar surface area (TPSA) is 107 Å². The molecule has 8 nitrogen and oxygen atoms in total. The van der Waals surface area contributed by atoms with Crippen LogP contribution in [0.4, 0.5) is 0 Å². The van der Waals surface area contributed by atoms with Crippen LogP contribution in [0.5, 0.6) is 5.88 Å². The molecule has 3 rings (SSSR count). The number of rotatable bonds is 9. The van der Waals surface area contributed by atoms with Gasteiger partial charge in [0, 0.05) is 35.9 Å². The Morgan fingerprint density at radius 2 is 1.55 bits per heavy atom. The Labute approximate surface area is 198 Å². The van der Waals surface area contributed by atoms with Crippen LogP contribution in [-0.2, 0) is 9.53 Å². The van der Waals surface area contributed by atoms with Gasteiger partial charge in [0.2, 0.25) is 5.88 Å². The zero-order valence-corrected chi connectivity index (χ0v) is 19.3. The van der Waals surface area contributed by atoms with E-state index in [4.69, 9.17) is 21.1 Å². The second-order valence-electron chi connectivity index (χ2n) is 7.75. The Morgan fingerprint density at radius 3 is 2.12 bits per heavy atom. The first-order valence-electron chi connectivity index (χ1n) is 11.1. The van der Waals surface area contributed by atoms with E-state index in [9.17, 15) is 14.4 Å². The first-order chi connectivity index (χ1) is 16.0. The molecule has 2 N–H and O–H groups in total. The predicted octanol–water partition coefficient (Wildman–Crippen LogP) is 3.40. The van der Waals surface area contributed by atoms with Crippen LogP contribution in [0.1, 0.15) is 53.3 Å². The molecule has 1 saturated carbocycles. The van der Waals surface area contributed by atoms with Crippen LogP contribution >= 0.6 is 11.6 Å². The molecule has 0 spiro atoms. The van der Waals surface area contributed by atoms with E-state index < -0.39 is 0 Å². The van der Waals surface area contributed by atoms with E-state index in [0.29, 0.717) is 28.6 Å². The second kappa shape index (κ2) is 12.2. The monoisotopic (exact) mass is 473 g/mol. The molecule has 176 valence electrons. The third kappa shape index (κ3) is 7.46. The number of ether oxygens (including phenoxy) is 2. The third-order valence-electron chi connectivity index (χ3n) is 5.38. The highest BCUT2D eigenvalue weighted by molar-refractivity contribution is 6.30. The van der Waals surface area contributed by atoms with Gasteiger partial charge in [-0.15, -0.1) is 0 Å². The minimum Gasteiger partial charge on any atom is -0.474 e. The SMILES string of the molecule is CCOC(=O)C1CCC(Oc2ccc(C(=O)NCCNC(=O)c3ccc(Cl)cc3)cn2)CC1. The lowest BCUT2D eigenvalue weighted by Crippen LogP contribution is -2.34. The Bertz CT molecular complexity index is 942. The number of pyridine rings is 1. The predicted molar refractivity (Wildman–Crippen MR) is 123 cm³/mol. The van der Waals surface area contributed by atoms with Crippen LogP contribution in [0.15, 0.2) is 42.6 Å². The van der Waals surface area contributed by atoms with E-state index in [1.807, 2.05) is 6.92 Å². The summed E-state index contributed by atoms with van der Waals surface area (Å²) >= 11 is 5.81. The standard InChI is InChI=1S/C24H28ClN3O5/c1-2-32-24(31)17-5-10-20(11-6-17)33-21-12-7-18(15-28-21)23(30)27-14-13-26-22(29)16-3-8-19(25)9-4-16/h3-4,7-9,12,15,17,20H,2,5-6,10-11,13-14H2,1H3,(H,26,29)(H,27,30). The summed E-state index contributed by atoms with van der Waals surface area (Å²) in [6.45, 7) is 2.77. The molecule has 1 fully saturated rings. The summed E-state index contributed by atoms with van der Waals surface area (Å²) < 4.78 is 11.0.